The van der Waals surface area contributed by atoms with Crippen LogP contribution in [0.2, 0.25) is 0 Å². The summed E-state index contributed by atoms with van der Waals surface area (Å²) in [6.45, 7) is 17.7. The third-order valence-corrected chi connectivity index (χ3v) is 8.59. The molecule has 5 rings (SSSR count). The van der Waals surface area contributed by atoms with E-state index in [4.69, 9.17) is 19.4 Å². The summed E-state index contributed by atoms with van der Waals surface area (Å²) in [6, 6.07) is 6.65. The first-order valence-electron chi connectivity index (χ1n) is 15.3. The quantitative estimate of drug-likeness (QED) is 0.364. The molecule has 40 heavy (non-hydrogen) atoms. The Hall–Kier alpha value is -3.47. The minimum atomic E-state index is 0.708. The number of fused-ring (bicyclic) bond motifs is 8. The van der Waals surface area contributed by atoms with Gasteiger partial charge >= 0.3 is 0 Å². The number of hydrogen-bond acceptors (Lipinski definition) is 4. The molecule has 3 aliphatic heterocycles. The third kappa shape index (κ3) is 4.74. The fourth-order valence-electron chi connectivity index (χ4n) is 6.50. The van der Waals surface area contributed by atoms with E-state index in [1.807, 2.05) is 0 Å². The molecule has 0 aliphatic carbocycles. The molecule has 8 bridgehead atoms. The van der Waals surface area contributed by atoms with Crippen molar-refractivity contribution < 1.29 is 4.42 Å². The van der Waals surface area contributed by atoms with Crippen LogP contribution in [0.5, 0.6) is 0 Å². The van der Waals surface area contributed by atoms with Gasteiger partial charge in [0.05, 0.1) is 22.8 Å². The summed E-state index contributed by atoms with van der Waals surface area (Å²) in [5.41, 5.74) is 16.4. The van der Waals surface area contributed by atoms with Crippen LogP contribution in [0, 0.1) is 6.92 Å². The Bertz CT molecular complexity index is 1620. The minimum Gasteiger partial charge on any atom is -0.420 e. The second-order valence-electron chi connectivity index (χ2n) is 11.0. The predicted octanol–water partition coefficient (Wildman–Crippen LogP) is 10.2. The lowest BCUT2D eigenvalue weighted by atomic mass is 9.99. The lowest BCUT2D eigenvalue weighted by Crippen LogP contribution is -1.88. The SMILES string of the molecule is CCCC1=C(CC)c2cc3nc(cc4[nH]c(cc5nc(oc1n2)C(CCC)=C5CC)c(C)c4CC)C(CC)=C3C. The average Bonchev–Trinajstić information content (AvgIpc) is 3.62. The van der Waals surface area contributed by atoms with E-state index in [0.29, 0.717) is 11.8 Å². The summed E-state index contributed by atoms with van der Waals surface area (Å²) in [7, 11) is 0. The van der Waals surface area contributed by atoms with Crippen molar-refractivity contribution in [3.63, 3.8) is 0 Å². The number of aromatic amines is 1. The maximum Gasteiger partial charge on any atom is 0.225 e. The topological polar surface area (TPSA) is 67.6 Å². The Labute approximate surface area is 239 Å². The molecule has 0 amide bonds. The highest BCUT2D eigenvalue weighted by molar-refractivity contribution is 5.95. The van der Waals surface area contributed by atoms with Gasteiger partial charge in [0.2, 0.25) is 11.8 Å². The van der Waals surface area contributed by atoms with Gasteiger partial charge in [0.1, 0.15) is 0 Å². The van der Waals surface area contributed by atoms with Gasteiger partial charge in [-0.2, -0.15) is 0 Å². The fraction of sp³-hybridized carbons (Fsp3) is 0.457. The van der Waals surface area contributed by atoms with E-state index >= 15 is 0 Å². The van der Waals surface area contributed by atoms with Gasteiger partial charge in [-0.25, -0.2) is 15.0 Å². The summed E-state index contributed by atoms with van der Waals surface area (Å²) < 4.78 is 6.72. The normalized spacial score (nSPS) is 14.5. The van der Waals surface area contributed by atoms with E-state index in [1.54, 1.807) is 0 Å². The van der Waals surface area contributed by atoms with Crippen LogP contribution >= 0.6 is 0 Å². The summed E-state index contributed by atoms with van der Waals surface area (Å²) in [5.74, 6) is 1.42. The second kappa shape index (κ2) is 11.6. The van der Waals surface area contributed by atoms with Crippen molar-refractivity contribution >= 4 is 44.5 Å². The molecule has 1 N–H and O–H groups in total. The molecule has 0 aromatic carbocycles. The van der Waals surface area contributed by atoms with E-state index < -0.39 is 0 Å². The van der Waals surface area contributed by atoms with Gasteiger partial charge < -0.3 is 9.40 Å². The van der Waals surface area contributed by atoms with Gasteiger partial charge in [-0.05, 0) is 104 Å². The molecule has 0 saturated heterocycles. The molecular formula is C35H44N4O. The zero-order valence-electron chi connectivity index (χ0n) is 25.6. The van der Waals surface area contributed by atoms with Crippen molar-refractivity contribution in [2.24, 2.45) is 0 Å². The van der Waals surface area contributed by atoms with Gasteiger partial charge in [0, 0.05) is 22.2 Å². The molecule has 2 aromatic rings. The van der Waals surface area contributed by atoms with Gasteiger partial charge in [0.25, 0.3) is 0 Å². The van der Waals surface area contributed by atoms with E-state index in [-0.39, 0.29) is 0 Å². The third-order valence-electron chi connectivity index (χ3n) is 8.59. The first-order valence-corrected chi connectivity index (χ1v) is 15.3. The zero-order chi connectivity index (χ0) is 28.6. The minimum absolute atomic E-state index is 0.708. The summed E-state index contributed by atoms with van der Waals surface area (Å²) >= 11 is 0. The molecule has 0 saturated carbocycles. The highest BCUT2D eigenvalue weighted by Gasteiger charge is 2.26. The van der Waals surface area contributed by atoms with Crippen molar-refractivity contribution in [3.8, 4) is 0 Å². The molecule has 3 aliphatic rings. The summed E-state index contributed by atoms with van der Waals surface area (Å²) in [6.07, 6.45) is 7.63. The lowest BCUT2D eigenvalue weighted by molar-refractivity contribution is 0.487. The number of nitrogens with zero attached hydrogens (tertiary/aromatic N) is 3. The first kappa shape index (κ1) is 28.1. The van der Waals surface area contributed by atoms with E-state index in [1.165, 1.54) is 44.6 Å². The van der Waals surface area contributed by atoms with Gasteiger partial charge in [-0.1, -0.05) is 54.4 Å². The predicted molar refractivity (Wildman–Crippen MR) is 169 cm³/mol. The van der Waals surface area contributed by atoms with E-state index in [9.17, 15) is 0 Å². The Morgan fingerprint density at radius 3 is 1.62 bits per heavy atom. The monoisotopic (exact) mass is 536 g/mol. The van der Waals surface area contributed by atoms with Crippen molar-refractivity contribution in [1.29, 1.82) is 0 Å². The molecule has 5 heteroatoms. The number of H-pyrrole nitrogens is 1. The number of aryl methyl sites for hydroxylation is 2. The van der Waals surface area contributed by atoms with Gasteiger partial charge in [0.15, 0.2) is 0 Å². The molecule has 0 atom stereocenters. The number of nitrogens with one attached hydrogen (secondary N) is 1. The number of aromatic nitrogens is 4. The van der Waals surface area contributed by atoms with Crippen LogP contribution in [0.3, 0.4) is 0 Å². The Balaban J connectivity index is 1.97. The zero-order valence-corrected chi connectivity index (χ0v) is 25.6. The Morgan fingerprint density at radius 1 is 0.575 bits per heavy atom. The molecule has 5 heterocycles. The van der Waals surface area contributed by atoms with Crippen LogP contribution in [-0.4, -0.2) is 19.9 Å². The number of rotatable bonds is 8. The van der Waals surface area contributed by atoms with Crippen LogP contribution in [0.25, 0.3) is 44.5 Å². The highest BCUT2D eigenvalue weighted by Crippen LogP contribution is 2.40. The Kier molecular flexibility index (Phi) is 8.11. The smallest absolute Gasteiger partial charge is 0.225 e. The van der Waals surface area contributed by atoms with Gasteiger partial charge in [-0.3, -0.25) is 0 Å². The molecule has 0 spiro atoms. The van der Waals surface area contributed by atoms with Crippen molar-refractivity contribution in [2.45, 2.75) is 107 Å². The maximum absolute atomic E-state index is 6.72. The van der Waals surface area contributed by atoms with Crippen LogP contribution in [-0.2, 0) is 6.42 Å². The highest BCUT2D eigenvalue weighted by atomic mass is 16.4. The van der Waals surface area contributed by atoms with E-state index in [2.05, 4.69) is 78.6 Å². The molecule has 0 radical (unpaired) electrons. The van der Waals surface area contributed by atoms with Crippen molar-refractivity contribution in [1.82, 2.24) is 19.9 Å². The van der Waals surface area contributed by atoms with Crippen LogP contribution in [0.1, 0.15) is 139 Å². The lowest BCUT2D eigenvalue weighted by Gasteiger charge is -2.05. The fourth-order valence-corrected chi connectivity index (χ4v) is 6.50. The van der Waals surface area contributed by atoms with Gasteiger partial charge in [-0.15, -0.1) is 0 Å². The molecule has 0 fully saturated rings. The molecule has 2 aromatic heterocycles. The molecule has 0 unspecified atom stereocenters. The molecule has 210 valence electrons. The molecular weight excluding hydrogens is 492 g/mol. The van der Waals surface area contributed by atoms with E-state index in [0.717, 1.165) is 85.2 Å². The van der Waals surface area contributed by atoms with Crippen LogP contribution < -0.4 is 0 Å². The largest absolute Gasteiger partial charge is 0.420 e. The number of hydrogen-bond donors (Lipinski definition) is 1. The average molecular weight is 537 g/mol. The standard InChI is InChI=1S/C35H44N4O/c1-9-15-26-24(13-5)32-17-28-20(7)22(11-3)30(36-28)19-31-23(12-4)21(8)29(37-31)18-33-25(14-6)27(16-10-2)35(39-33)40-34(26)38-32/h17-19,36H,9-16H2,1-8H3. The van der Waals surface area contributed by atoms with Crippen molar-refractivity contribution in [3.05, 3.63) is 63.9 Å². The van der Waals surface area contributed by atoms with Crippen molar-refractivity contribution in [2.75, 3.05) is 0 Å². The van der Waals surface area contributed by atoms with Crippen LogP contribution in [0.4, 0.5) is 0 Å². The Morgan fingerprint density at radius 2 is 1.10 bits per heavy atom. The summed E-state index contributed by atoms with van der Waals surface area (Å²) in [5, 5.41) is 0. The maximum atomic E-state index is 6.72. The molecule has 5 nitrogen and oxygen atoms in total. The summed E-state index contributed by atoms with van der Waals surface area (Å²) in [4.78, 5) is 19.2. The van der Waals surface area contributed by atoms with Crippen LogP contribution in [0.15, 0.2) is 22.6 Å². The first-order chi connectivity index (χ1) is 19.4. The number of allylic oxidation sites excluding steroid dienone is 6. The second-order valence-corrected chi connectivity index (χ2v) is 11.0.